The number of benzene rings is 2. The zero-order valence-electron chi connectivity index (χ0n) is 15.0. The molecule has 0 radical (unpaired) electrons. The van der Waals surface area contributed by atoms with E-state index in [0.29, 0.717) is 37.5 Å². The van der Waals surface area contributed by atoms with Crippen LogP contribution in [0.15, 0.2) is 42.5 Å². The molecule has 1 saturated heterocycles. The van der Waals surface area contributed by atoms with Crippen LogP contribution in [0.1, 0.15) is 17.3 Å². The lowest BCUT2D eigenvalue weighted by molar-refractivity contribution is -0.133. The Hall–Kier alpha value is -2.60. The van der Waals surface area contributed by atoms with E-state index in [2.05, 4.69) is 4.90 Å². The normalized spacial score (nSPS) is 14.2. The predicted octanol–water partition coefficient (Wildman–Crippen LogP) is 3.41. The van der Waals surface area contributed by atoms with Crippen LogP contribution in [0.2, 0.25) is 5.02 Å². The van der Waals surface area contributed by atoms with Gasteiger partial charge in [-0.2, -0.15) is 0 Å². The molecule has 5 nitrogen and oxygen atoms in total. The van der Waals surface area contributed by atoms with E-state index in [-0.39, 0.29) is 23.3 Å². The quantitative estimate of drug-likeness (QED) is 0.734. The summed E-state index contributed by atoms with van der Waals surface area (Å²) in [5.41, 5.74) is 1.72. The van der Waals surface area contributed by atoms with Crippen molar-refractivity contribution in [2.75, 3.05) is 37.7 Å². The highest BCUT2D eigenvalue weighted by Gasteiger charge is 2.21. The summed E-state index contributed by atoms with van der Waals surface area (Å²) in [7, 11) is 0. The number of ether oxygens (including phenoxy) is 1. The van der Waals surface area contributed by atoms with Crippen molar-refractivity contribution in [2.24, 2.45) is 0 Å². The first-order chi connectivity index (χ1) is 12.9. The molecule has 1 aliphatic heterocycles. The monoisotopic (exact) mass is 390 g/mol. The van der Waals surface area contributed by atoms with Crippen molar-refractivity contribution in [3.63, 3.8) is 0 Å². The summed E-state index contributed by atoms with van der Waals surface area (Å²) >= 11 is 5.70. The highest BCUT2D eigenvalue weighted by Crippen LogP contribution is 2.21. The van der Waals surface area contributed by atoms with Gasteiger partial charge in [0, 0.05) is 43.5 Å². The van der Waals surface area contributed by atoms with Gasteiger partial charge in [0.2, 0.25) is 0 Å². The lowest BCUT2D eigenvalue weighted by Gasteiger charge is -2.36. The van der Waals surface area contributed by atoms with Crippen molar-refractivity contribution >= 4 is 29.0 Å². The van der Waals surface area contributed by atoms with Gasteiger partial charge in [0.1, 0.15) is 11.6 Å². The lowest BCUT2D eigenvalue weighted by Crippen LogP contribution is -2.50. The first kappa shape index (κ1) is 19.2. The first-order valence-electron chi connectivity index (χ1n) is 8.65. The molecule has 3 rings (SSSR count). The summed E-state index contributed by atoms with van der Waals surface area (Å²) in [6.45, 7) is 4.00. The molecule has 0 saturated carbocycles. The largest absolute Gasteiger partial charge is 0.484 e. The number of ketones is 1. The van der Waals surface area contributed by atoms with E-state index in [1.165, 1.54) is 18.2 Å². The molecule has 2 aromatic carbocycles. The summed E-state index contributed by atoms with van der Waals surface area (Å²) < 4.78 is 18.6. The summed E-state index contributed by atoms with van der Waals surface area (Å²) in [4.78, 5) is 27.6. The first-order valence-corrected chi connectivity index (χ1v) is 9.03. The van der Waals surface area contributed by atoms with Crippen LogP contribution in [0.25, 0.3) is 0 Å². The number of Topliss-reactive ketones (excluding diaryl/α,β-unsaturated/α-hetero) is 1. The van der Waals surface area contributed by atoms with Gasteiger partial charge >= 0.3 is 0 Å². The van der Waals surface area contributed by atoms with Crippen molar-refractivity contribution in [1.82, 2.24) is 4.90 Å². The molecule has 1 aliphatic rings. The van der Waals surface area contributed by atoms with Crippen molar-refractivity contribution in [2.45, 2.75) is 6.92 Å². The standard InChI is InChI=1S/C20H20ClFN2O3/c1-14(25)15-2-4-16(5-3-15)23-8-10-24(11-9-23)20(26)13-27-17-6-7-19(22)18(21)12-17/h2-7,12H,8-11,13H2,1H3. The Balaban J connectivity index is 1.50. The van der Waals surface area contributed by atoms with Crippen LogP contribution in [-0.2, 0) is 4.79 Å². The van der Waals surface area contributed by atoms with Gasteiger partial charge in [0.15, 0.2) is 12.4 Å². The molecule has 0 aliphatic carbocycles. The topological polar surface area (TPSA) is 49.9 Å². The van der Waals surface area contributed by atoms with E-state index >= 15 is 0 Å². The van der Waals surface area contributed by atoms with Gasteiger partial charge in [0.25, 0.3) is 5.91 Å². The van der Waals surface area contributed by atoms with Crippen LogP contribution in [0.5, 0.6) is 5.75 Å². The molecule has 0 bridgehead atoms. The minimum Gasteiger partial charge on any atom is -0.484 e. The maximum absolute atomic E-state index is 13.1. The minimum atomic E-state index is -0.525. The van der Waals surface area contributed by atoms with Gasteiger partial charge in [-0.25, -0.2) is 4.39 Å². The Morgan fingerprint density at radius 2 is 1.74 bits per heavy atom. The Morgan fingerprint density at radius 3 is 2.33 bits per heavy atom. The van der Waals surface area contributed by atoms with E-state index in [1.807, 2.05) is 24.3 Å². The third-order valence-electron chi connectivity index (χ3n) is 4.52. The zero-order valence-corrected chi connectivity index (χ0v) is 15.7. The van der Waals surface area contributed by atoms with Crippen LogP contribution in [0.3, 0.4) is 0 Å². The fraction of sp³-hybridized carbons (Fsp3) is 0.300. The molecule has 27 heavy (non-hydrogen) atoms. The maximum Gasteiger partial charge on any atom is 0.260 e. The Kier molecular flexibility index (Phi) is 5.96. The molecule has 0 unspecified atom stereocenters. The molecule has 0 N–H and O–H groups in total. The van der Waals surface area contributed by atoms with E-state index in [4.69, 9.17) is 16.3 Å². The predicted molar refractivity (Wildman–Crippen MR) is 102 cm³/mol. The van der Waals surface area contributed by atoms with Crippen molar-refractivity contribution < 1.29 is 18.7 Å². The molecule has 0 atom stereocenters. The smallest absolute Gasteiger partial charge is 0.260 e. The van der Waals surface area contributed by atoms with Gasteiger partial charge in [-0.3, -0.25) is 9.59 Å². The third kappa shape index (κ3) is 4.77. The molecule has 0 aromatic heterocycles. The summed E-state index contributed by atoms with van der Waals surface area (Å²) in [6, 6.07) is 11.5. The number of carbonyl (C=O) groups is 2. The summed E-state index contributed by atoms with van der Waals surface area (Å²) in [5, 5.41) is -0.0376. The second kappa shape index (κ2) is 8.39. The van der Waals surface area contributed by atoms with Crippen molar-refractivity contribution in [3.8, 4) is 5.75 Å². The molecule has 142 valence electrons. The van der Waals surface area contributed by atoms with Crippen LogP contribution in [0, 0.1) is 5.82 Å². The number of nitrogens with zero attached hydrogens (tertiary/aromatic N) is 2. The average Bonchev–Trinajstić information content (AvgIpc) is 2.69. The highest BCUT2D eigenvalue weighted by molar-refractivity contribution is 6.30. The second-order valence-corrected chi connectivity index (χ2v) is 6.74. The number of amides is 1. The summed E-state index contributed by atoms with van der Waals surface area (Å²) in [5.74, 6) is -0.247. The fourth-order valence-electron chi connectivity index (χ4n) is 2.92. The SMILES string of the molecule is CC(=O)c1ccc(N2CCN(C(=O)COc3ccc(F)c(Cl)c3)CC2)cc1. The molecule has 1 fully saturated rings. The Morgan fingerprint density at radius 1 is 1.07 bits per heavy atom. The zero-order chi connectivity index (χ0) is 19.4. The lowest BCUT2D eigenvalue weighted by atomic mass is 10.1. The molecular weight excluding hydrogens is 371 g/mol. The van der Waals surface area contributed by atoms with Gasteiger partial charge in [-0.15, -0.1) is 0 Å². The molecule has 7 heteroatoms. The maximum atomic E-state index is 13.1. The Bertz CT molecular complexity index is 834. The van der Waals surface area contributed by atoms with E-state index < -0.39 is 5.82 Å². The fourth-order valence-corrected chi connectivity index (χ4v) is 3.09. The van der Waals surface area contributed by atoms with Crippen LogP contribution in [0.4, 0.5) is 10.1 Å². The van der Waals surface area contributed by atoms with Gasteiger partial charge in [0.05, 0.1) is 5.02 Å². The number of hydrogen-bond donors (Lipinski definition) is 0. The molecule has 1 amide bonds. The number of hydrogen-bond acceptors (Lipinski definition) is 4. The van der Waals surface area contributed by atoms with Crippen LogP contribution >= 0.6 is 11.6 Å². The van der Waals surface area contributed by atoms with Gasteiger partial charge < -0.3 is 14.5 Å². The van der Waals surface area contributed by atoms with Crippen molar-refractivity contribution in [3.05, 3.63) is 58.9 Å². The van der Waals surface area contributed by atoms with E-state index in [1.54, 1.807) is 11.8 Å². The third-order valence-corrected chi connectivity index (χ3v) is 4.81. The van der Waals surface area contributed by atoms with Crippen LogP contribution < -0.4 is 9.64 Å². The van der Waals surface area contributed by atoms with Crippen molar-refractivity contribution in [1.29, 1.82) is 0 Å². The Labute approximate surface area is 162 Å². The van der Waals surface area contributed by atoms with Gasteiger partial charge in [-0.05, 0) is 43.3 Å². The molecule has 2 aromatic rings. The number of rotatable bonds is 5. The number of halogens is 2. The van der Waals surface area contributed by atoms with E-state index in [9.17, 15) is 14.0 Å². The van der Waals surface area contributed by atoms with Gasteiger partial charge in [-0.1, -0.05) is 11.6 Å². The molecular formula is C20H20ClFN2O3. The number of carbonyl (C=O) groups excluding carboxylic acids is 2. The average molecular weight is 391 g/mol. The molecule has 1 heterocycles. The number of piperazine rings is 1. The second-order valence-electron chi connectivity index (χ2n) is 6.34. The number of anilines is 1. The highest BCUT2D eigenvalue weighted by atomic mass is 35.5. The minimum absolute atomic E-state index is 0.0376. The van der Waals surface area contributed by atoms with Crippen LogP contribution in [-0.4, -0.2) is 49.4 Å². The molecule has 0 spiro atoms. The van der Waals surface area contributed by atoms with E-state index in [0.717, 1.165) is 5.69 Å². The summed E-state index contributed by atoms with van der Waals surface area (Å²) in [6.07, 6.45) is 0.